The van der Waals surface area contributed by atoms with Crippen LogP contribution in [-0.4, -0.2) is 6.26 Å². The van der Waals surface area contributed by atoms with E-state index in [1.807, 2.05) is 30.5 Å². The lowest BCUT2D eigenvalue weighted by atomic mass is 10.2. The maximum absolute atomic E-state index is 9.00. The molecule has 0 bridgehead atoms. The molecule has 0 atom stereocenters. The van der Waals surface area contributed by atoms with Crippen molar-refractivity contribution in [1.29, 1.82) is 5.26 Å². The van der Waals surface area contributed by atoms with Crippen LogP contribution in [0.2, 0.25) is 5.02 Å². The third-order valence-corrected chi connectivity index (χ3v) is 4.85. The lowest BCUT2D eigenvalue weighted by molar-refractivity contribution is 1.15. The fourth-order valence-electron chi connectivity index (χ4n) is 1.62. The second-order valence-electron chi connectivity index (χ2n) is 3.80. The normalized spacial score (nSPS) is 10.2. The van der Waals surface area contributed by atoms with Gasteiger partial charge < -0.3 is 11.1 Å². The standard InChI is InChI=1S/C13H12ClN3S2/c1-18-12-11(16)10(6-15)19-13(12)17-7-8-2-4-9(14)5-3-8/h2-5,17H,7,16H2,1H3. The number of thiophene rings is 1. The number of nitrogens with one attached hydrogen (secondary N) is 1. The van der Waals surface area contributed by atoms with E-state index in [1.54, 1.807) is 11.8 Å². The molecule has 6 heteroatoms. The second-order valence-corrected chi connectivity index (χ2v) is 6.07. The van der Waals surface area contributed by atoms with Crippen molar-refractivity contribution in [3.63, 3.8) is 0 Å². The van der Waals surface area contributed by atoms with Crippen LogP contribution in [0.3, 0.4) is 0 Å². The molecule has 2 aromatic rings. The van der Waals surface area contributed by atoms with Gasteiger partial charge in [0.05, 0.1) is 10.6 Å². The monoisotopic (exact) mass is 309 g/mol. The fraction of sp³-hybridized carbons (Fsp3) is 0.154. The molecule has 98 valence electrons. The molecule has 0 saturated heterocycles. The van der Waals surface area contributed by atoms with Gasteiger partial charge >= 0.3 is 0 Å². The van der Waals surface area contributed by atoms with E-state index in [4.69, 9.17) is 22.6 Å². The van der Waals surface area contributed by atoms with Crippen molar-refractivity contribution in [1.82, 2.24) is 0 Å². The second kappa shape index (κ2) is 6.20. The van der Waals surface area contributed by atoms with Gasteiger partial charge in [-0.05, 0) is 24.0 Å². The van der Waals surface area contributed by atoms with Gasteiger partial charge in [-0.1, -0.05) is 23.7 Å². The molecule has 0 fully saturated rings. The summed E-state index contributed by atoms with van der Waals surface area (Å²) < 4.78 is 0. The van der Waals surface area contributed by atoms with Crippen molar-refractivity contribution in [3.05, 3.63) is 39.7 Å². The number of anilines is 2. The van der Waals surface area contributed by atoms with E-state index in [-0.39, 0.29) is 0 Å². The Morgan fingerprint density at radius 3 is 2.68 bits per heavy atom. The number of thioether (sulfide) groups is 1. The Morgan fingerprint density at radius 2 is 2.11 bits per heavy atom. The first-order valence-corrected chi connectivity index (χ1v) is 7.92. The number of nitrogens with zero attached hydrogens (tertiary/aromatic N) is 1. The number of nitrogens with two attached hydrogens (primary N) is 1. The number of nitriles is 1. The molecule has 1 aromatic carbocycles. The molecular weight excluding hydrogens is 298 g/mol. The summed E-state index contributed by atoms with van der Waals surface area (Å²) in [5.41, 5.74) is 7.62. The Bertz CT molecular complexity index is 614. The van der Waals surface area contributed by atoms with Gasteiger partial charge in [-0.2, -0.15) is 5.26 Å². The smallest absolute Gasteiger partial charge is 0.131 e. The maximum atomic E-state index is 9.00. The van der Waals surface area contributed by atoms with Crippen LogP contribution in [0.4, 0.5) is 10.7 Å². The molecule has 0 amide bonds. The SMILES string of the molecule is CSc1c(NCc2ccc(Cl)cc2)sc(C#N)c1N. The number of halogens is 1. The van der Waals surface area contributed by atoms with E-state index < -0.39 is 0 Å². The summed E-state index contributed by atoms with van der Waals surface area (Å²) >= 11 is 8.78. The Balaban J connectivity index is 2.15. The first-order valence-electron chi connectivity index (χ1n) is 5.50. The van der Waals surface area contributed by atoms with Crippen LogP contribution in [0, 0.1) is 11.3 Å². The lowest BCUT2D eigenvalue weighted by Gasteiger charge is -2.06. The first kappa shape index (κ1) is 14.1. The number of rotatable bonds is 4. The average molecular weight is 310 g/mol. The largest absolute Gasteiger partial charge is 0.396 e. The van der Waals surface area contributed by atoms with Crippen molar-refractivity contribution in [2.75, 3.05) is 17.3 Å². The van der Waals surface area contributed by atoms with Gasteiger partial charge in [-0.15, -0.1) is 23.1 Å². The molecule has 19 heavy (non-hydrogen) atoms. The Kier molecular flexibility index (Phi) is 4.59. The predicted octanol–water partition coefficient (Wildman–Crippen LogP) is 4.19. The Labute approximate surface area is 125 Å². The molecular formula is C13H12ClN3S2. The number of nitrogen functional groups attached to an aromatic ring is 1. The van der Waals surface area contributed by atoms with Crippen molar-refractivity contribution in [2.45, 2.75) is 11.4 Å². The first-order chi connectivity index (χ1) is 9.15. The van der Waals surface area contributed by atoms with Gasteiger partial charge in [0.1, 0.15) is 15.9 Å². The minimum atomic E-state index is 0.558. The zero-order chi connectivity index (χ0) is 13.8. The summed E-state index contributed by atoms with van der Waals surface area (Å²) in [4.78, 5) is 1.50. The number of hydrogen-bond acceptors (Lipinski definition) is 5. The molecule has 0 aliphatic rings. The van der Waals surface area contributed by atoms with Crippen molar-refractivity contribution < 1.29 is 0 Å². The van der Waals surface area contributed by atoms with E-state index in [2.05, 4.69) is 11.4 Å². The van der Waals surface area contributed by atoms with E-state index in [9.17, 15) is 0 Å². The molecule has 0 radical (unpaired) electrons. The molecule has 0 spiro atoms. The van der Waals surface area contributed by atoms with Crippen molar-refractivity contribution in [3.8, 4) is 6.07 Å². The van der Waals surface area contributed by atoms with Gasteiger partial charge in [0.25, 0.3) is 0 Å². The van der Waals surface area contributed by atoms with Crippen molar-refractivity contribution in [2.24, 2.45) is 0 Å². The highest BCUT2D eigenvalue weighted by atomic mass is 35.5. The van der Waals surface area contributed by atoms with Gasteiger partial charge in [0, 0.05) is 11.6 Å². The molecule has 0 aliphatic carbocycles. The van der Waals surface area contributed by atoms with Crippen LogP contribution in [0.5, 0.6) is 0 Å². The topological polar surface area (TPSA) is 61.8 Å². The summed E-state index contributed by atoms with van der Waals surface area (Å²) in [5, 5.41) is 14.0. The summed E-state index contributed by atoms with van der Waals surface area (Å²) in [6.07, 6.45) is 1.95. The minimum Gasteiger partial charge on any atom is -0.396 e. The summed E-state index contributed by atoms with van der Waals surface area (Å²) in [7, 11) is 0. The molecule has 0 aliphatic heterocycles. The highest BCUT2D eigenvalue weighted by molar-refractivity contribution is 7.99. The lowest BCUT2D eigenvalue weighted by Crippen LogP contribution is -1.98. The van der Waals surface area contributed by atoms with Crippen LogP contribution >= 0.6 is 34.7 Å². The van der Waals surface area contributed by atoms with Crippen LogP contribution < -0.4 is 11.1 Å². The summed E-state index contributed by atoms with van der Waals surface area (Å²) in [5.74, 6) is 0. The molecule has 3 nitrogen and oxygen atoms in total. The highest BCUT2D eigenvalue weighted by Crippen LogP contribution is 2.41. The van der Waals surface area contributed by atoms with Crippen LogP contribution in [0.1, 0.15) is 10.4 Å². The molecule has 1 heterocycles. The molecule has 0 saturated carbocycles. The van der Waals surface area contributed by atoms with Crippen molar-refractivity contribution >= 4 is 45.4 Å². The Morgan fingerprint density at radius 1 is 1.42 bits per heavy atom. The van der Waals surface area contributed by atoms with Gasteiger partial charge in [0.15, 0.2) is 0 Å². The third-order valence-electron chi connectivity index (χ3n) is 2.57. The van der Waals surface area contributed by atoms with Gasteiger partial charge in [-0.3, -0.25) is 0 Å². The average Bonchev–Trinajstić information content (AvgIpc) is 2.73. The maximum Gasteiger partial charge on any atom is 0.131 e. The van der Waals surface area contributed by atoms with Crippen LogP contribution in [0.25, 0.3) is 0 Å². The van der Waals surface area contributed by atoms with E-state index in [0.29, 0.717) is 17.1 Å². The van der Waals surface area contributed by atoms with E-state index >= 15 is 0 Å². The predicted molar refractivity (Wildman–Crippen MR) is 84.0 cm³/mol. The zero-order valence-corrected chi connectivity index (χ0v) is 12.6. The minimum absolute atomic E-state index is 0.558. The fourth-order valence-corrected chi connectivity index (χ4v) is 3.57. The highest BCUT2D eigenvalue weighted by Gasteiger charge is 2.14. The molecule has 2 rings (SSSR count). The van der Waals surface area contributed by atoms with E-state index in [0.717, 1.165) is 20.5 Å². The number of benzene rings is 1. The van der Waals surface area contributed by atoms with Gasteiger partial charge in [-0.25, -0.2) is 0 Å². The quantitative estimate of drug-likeness (QED) is 0.831. The van der Waals surface area contributed by atoms with Crippen LogP contribution in [-0.2, 0) is 6.54 Å². The summed E-state index contributed by atoms with van der Waals surface area (Å²) in [6.45, 7) is 0.676. The van der Waals surface area contributed by atoms with Gasteiger partial charge in [0.2, 0.25) is 0 Å². The zero-order valence-electron chi connectivity index (χ0n) is 10.2. The van der Waals surface area contributed by atoms with E-state index in [1.165, 1.54) is 11.3 Å². The number of hydrogen-bond donors (Lipinski definition) is 2. The molecule has 3 N–H and O–H groups in total. The summed E-state index contributed by atoms with van der Waals surface area (Å²) in [6, 6.07) is 9.77. The van der Waals surface area contributed by atoms with Crippen LogP contribution in [0.15, 0.2) is 29.2 Å². The molecule has 0 unspecified atom stereocenters. The third kappa shape index (κ3) is 3.16. The molecule has 1 aromatic heterocycles. The Hall–Kier alpha value is -1.35.